The molecule has 2 amide bonds. The number of rotatable bonds is 5. The van der Waals surface area contributed by atoms with Crippen molar-refractivity contribution in [2.24, 2.45) is 0 Å². The largest absolute Gasteiger partial charge is 0.328 e. The molecular weight excluding hydrogens is 362 g/mol. The number of fused-ring (bicyclic) bond motifs is 1. The molecule has 0 radical (unpaired) electrons. The molecule has 4 rings (SSSR count). The summed E-state index contributed by atoms with van der Waals surface area (Å²) in [6, 6.07) is 19.3. The van der Waals surface area contributed by atoms with Gasteiger partial charge in [0.2, 0.25) is 11.8 Å². The lowest BCUT2D eigenvalue weighted by Crippen LogP contribution is -2.66. The SMILES string of the molecule is CC1(C(=O)Nc2cccc3ncccc23)CCN1C(=O)C/C=C/c1ccccc1. The number of carbonyl (C=O) groups excluding carboxylic acids is 2. The highest BCUT2D eigenvalue weighted by Gasteiger charge is 2.49. The molecule has 1 aliphatic heterocycles. The van der Waals surface area contributed by atoms with Gasteiger partial charge in [-0.15, -0.1) is 0 Å². The van der Waals surface area contributed by atoms with Crippen LogP contribution in [0, 0.1) is 0 Å². The number of anilines is 1. The summed E-state index contributed by atoms with van der Waals surface area (Å²) >= 11 is 0. The fourth-order valence-corrected chi connectivity index (χ4v) is 3.63. The van der Waals surface area contributed by atoms with E-state index < -0.39 is 5.54 Å². The number of nitrogens with one attached hydrogen (secondary N) is 1. The Balaban J connectivity index is 1.44. The third-order valence-corrected chi connectivity index (χ3v) is 5.50. The molecule has 1 aromatic heterocycles. The minimum Gasteiger partial charge on any atom is -0.328 e. The van der Waals surface area contributed by atoms with Crippen molar-refractivity contribution < 1.29 is 9.59 Å². The average Bonchev–Trinajstić information content (AvgIpc) is 2.73. The number of benzene rings is 2. The average molecular weight is 385 g/mol. The number of carbonyl (C=O) groups is 2. The van der Waals surface area contributed by atoms with Crippen LogP contribution in [0.3, 0.4) is 0 Å². The van der Waals surface area contributed by atoms with E-state index in [0.717, 1.165) is 16.5 Å². The van der Waals surface area contributed by atoms with Crippen molar-refractivity contribution in [2.75, 3.05) is 11.9 Å². The number of pyridine rings is 1. The van der Waals surface area contributed by atoms with E-state index in [0.29, 0.717) is 18.7 Å². The first kappa shape index (κ1) is 18.9. The Bertz CT molecular complexity index is 1070. The summed E-state index contributed by atoms with van der Waals surface area (Å²) in [6.07, 6.45) is 6.43. The van der Waals surface area contributed by atoms with Crippen molar-refractivity contribution in [3.8, 4) is 0 Å². The summed E-state index contributed by atoms with van der Waals surface area (Å²) in [7, 11) is 0. The van der Waals surface area contributed by atoms with Crippen LogP contribution in [0.4, 0.5) is 5.69 Å². The van der Waals surface area contributed by atoms with Crippen LogP contribution in [-0.4, -0.2) is 33.8 Å². The van der Waals surface area contributed by atoms with E-state index >= 15 is 0 Å². The van der Waals surface area contributed by atoms with Gasteiger partial charge in [-0.3, -0.25) is 14.6 Å². The molecule has 1 atom stereocenters. The Morgan fingerprint density at radius 2 is 1.93 bits per heavy atom. The molecule has 3 aromatic rings. The van der Waals surface area contributed by atoms with Crippen LogP contribution in [0.15, 0.2) is 72.9 Å². The lowest BCUT2D eigenvalue weighted by molar-refractivity contribution is -0.154. The maximum absolute atomic E-state index is 13.0. The van der Waals surface area contributed by atoms with Crippen molar-refractivity contribution >= 4 is 34.5 Å². The third kappa shape index (κ3) is 3.76. The standard InChI is InChI=1S/C24H23N3O2/c1-24(23(29)26-21-13-6-12-20-19(21)11-7-16-25-20)15-17-27(24)22(28)14-5-10-18-8-3-2-4-9-18/h2-13,16H,14-15,17H2,1H3,(H,26,29)/b10-5+. The van der Waals surface area contributed by atoms with E-state index in [1.165, 1.54) is 0 Å². The van der Waals surface area contributed by atoms with Gasteiger partial charge < -0.3 is 10.2 Å². The van der Waals surface area contributed by atoms with Crippen LogP contribution in [-0.2, 0) is 9.59 Å². The zero-order valence-electron chi connectivity index (χ0n) is 16.3. The van der Waals surface area contributed by atoms with Gasteiger partial charge in [0.15, 0.2) is 0 Å². The maximum Gasteiger partial charge on any atom is 0.250 e. The van der Waals surface area contributed by atoms with E-state index in [4.69, 9.17) is 0 Å². The van der Waals surface area contributed by atoms with Gasteiger partial charge in [0.1, 0.15) is 5.54 Å². The zero-order valence-corrected chi connectivity index (χ0v) is 16.3. The molecule has 2 aromatic carbocycles. The van der Waals surface area contributed by atoms with Crippen LogP contribution < -0.4 is 5.32 Å². The van der Waals surface area contributed by atoms with E-state index in [9.17, 15) is 9.59 Å². The summed E-state index contributed by atoms with van der Waals surface area (Å²) in [5.74, 6) is -0.207. The first-order valence-corrected chi connectivity index (χ1v) is 9.75. The molecule has 0 saturated carbocycles. The van der Waals surface area contributed by atoms with Crippen LogP contribution >= 0.6 is 0 Å². The molecule has 146 valence electrons. The lowest BCUT2D eigenvalue weighted by Gasteiger charge is -2.49. The number of aromatic nitrogens is 1. The molecule has 5 heteroatoms. The second kappa shape index (κ2) is 7.87. The topological polar surface area (TPSA) is 62.3 Å². The second-order valence-electron chi connectivity index (χ2n) is 7.42. The first-order chi connectivity index (χ1) is 14.1. The summed E-state index contributed by atoms with van der Waals surface area (Å²) in [4.78, 5) is 31.7. The predicted molar refractivity (Wildman–Crippen MR) is 115 cm³/mol. The van der Waals surface area contributed by atoms with Crippen LogP contribution in [0.25, 0.3) is 17.0 Å². The lowest BCUT2D eigenvalue weighted by atomic mass is 9.85. The molecule has 0 spiro atoms. The van der Waals surface area contributed by atoms with E-state index in [2.05, 4.69) is 10.3 Å². The molecule has 2 heterocycles. The van der Waals surface area contributed by atoms with Crippen LogP contribution in [0.1, 0.15) is 25.3 Å². The zero-order chi connectivity index (χ0) is 20.3. The van der Waals surface area contributed by atoms with Crippen LogP contribution in [0.5, 0.6) is 0 Å². The summed E-state index contributed by atoms with van der Waals surface area (Å²) in [5, 5.41) is 3.89. The van der Waals surface area contributed by atoms with Gasteiger partial charge in [-0.05, 0) is 43.2 Å². The molecule has 0 aliphatic carbocycles. The van der Waals surface area contributed by atoms with Gasteiger partial charge >= 0.3 is 0 Å². The smallest absolute Gasteiger partial charge is 0.250 e. The van der Waals surface area contributed by atoms with E-state index in [1.807, 2.05) is 79.7 Å². The Kier molecular flexibility index (Phi) is 5.12. The van der Waals surface area contributed by atoms with Gasteiger partial charge in [0, 0.05) is 24.5 Å². The second-order valence-corrected chi connectivity index (χ2v) is 7.42. The molecular formula is C24H23N3O2. The highest BCUT2D eigenvalue weighted by atomic mass is 16.2. The minimum absolute atomic E-state index is 0.0410. The number of hydrogen-bond donors (Lipinski definition) is 1. The molecule has 1 N–H and O–H groups in total. The van der Waals surface area contributed by atoms with Gasteiger partial charge in [-0.1, -0.05) is 48.6 Å². The van der Waals surface area contributed by atoms with Gasteiger partial charge in [-0.2, -0.15) is 0 Å². The minimum atomic E-state index is -0.831. The van der Waals surface area contributed by atoms with E-state index in [-0.39, 0.29) is 18.2 Å². The molecule has 1 saturated heterocycles. The number of amides is 2. The first-order valence-electron chi connectivity index (χ1n) is 9.75. The molecule has 1 fully saturated rings. The van der Waals surface area contributed by atoms with Gasteiger partial charge in [-0.25, -0.2) is 0 Å². The molecule has 1 aliphatic rings. The quantitative estimate of drug-likeness (QED) is 0.713. The Morgan fingerprint density at radius 1 is 1.10 bits per heavy atom. The Hall–Kier alpha value is -3.47. The molecule has 5 nitrogen and oxygen atoms in total. The number of likely N-dealkylation sites (tertiary alicyclic amines) is 1. The predicted octanol–water partition coefficient (Wildman–Crippen LogP) is 4.27. The van der Waals surface area contributed by atoms with Gasteiger partial charge in [0.25, 0.3) is 0 Å². The van der Waals surface area contributed by atoms with Crippen molar-refractivity contribution in [3.05, 3.63) is 78.5 Å². The highest BCUT2D eigenvalue weighted by Crippen LogP contribution is 2.33. The fourth-order valence-electron chi connectivity index (χ4n) is 3.63. The number of hydrogen-bond acceptors (Lipinski definition) is 3. The van der Waals surface area contributed by atoms with Crippen molar-refractivity contribution in [2.45, 2.75) is 25.3 Å². The maximum atomic E-state index is 13.0. The van der Waals surface area contributed by atoms with Crippen molar-refractivity contribution in [1.29, 1.82) is 0 Å². The summed E-state index contributed by atoms with van der Waals surface area (Å²) < 4.78 is 0. The Labute approximate surface area is 170 Å². The monoisotopic (exact) mass is 385 g/mol. The van der Waals surface area contributed by atoms with Crippen molar-refractivity contribution in [3.63, 3.8) is 0 Å². The molecule has 0 bridgehead atoms. The highest BCUT2D eigenvalue weighted by molar-refractivity contribution is 6.06. The Morgan fingerprint density at radius 3 is 2.69 bits per heavy atom. The van der Waals surface area contributed by atoms with Crippen LogP contribution in [0.2, 0.25) is 0 Å². The van der Waals surface area contributed by atoms with E-state index in [1.54, 1.807) is 11.1 Å². The third-order valence-electron chi connectivity index (χ3n) is 5.50. The normalized spacial score (nSPS) is 18.6. The summed E-state index contributed by atoms with van der Waals surface area (Å²) in [5.41, 5.74) is 1.75. The number of nitrogens with zero attached hydrogens (tertiary/aromatic N) is 2. The molecule has 1 unspecified atom stereocenters. The van der Waals surface area contributed by atoms with Gasteiger partial charge in [0.05, 0.1) is 11.2 Å². The summed E-state index contributed by atoms with van der Waals surface area (Å²) in [6.45, 7) is 2.42. The fraction of sp³-hybridized carbons (Fsp3) is 0.208. The van der Waals surface area contributed by atoms with Crippen molar-refractivity contribution in [1.82, 2.24) is 9.88 Å². The molecule has 29 heavy (non-hydrogen) atoms.